The topological polar surface area (TPSA) is 83.7 Å². The highest BCUT2D eigenvalue weighted by Crippen LogP contribution is 2.38. The van der Waals surface area contributed by atoms with Gasteiger partial charge in [0.15, 0.2) is 0 Å². The van der Waals surface area contributed by atoms with E-state index in [2.05, 4.69) is 15.9 Å². The fourth-order valence-corrected chi connectivity index (χ4v) is 2.58. The molecule has 1 aromatic carbocycles. The molecule has 1 aliphatic heterocycles. The molecule has 1 amide bonds. The summed E-state index contributed by atoms with van der Waals surface area (Å²) in [6, 6.07) is 1.73. The first kappa shape index (κ1) is 13.9. The molecule has 0 unspecified atom stereocenters. The van der Waals surface area contributed by atoms with Gasteiger partial charge in [0, 0.05) is 10.9 Å². The molecular weight excluding hydrogens is 323 g/mol. The highest BCUT2D eigenvalue weighted by atomic mass is 79.9. The smallest absolute Gasteiger partial charge is 0.328 e. The van der Waals surface area contributed by atoms with E-state index in [9.17, 15) is 24.4 Å². The minimum absolute atomic E-state index is 0.126. The molecule has 0 saturated carbocycles. The van der Waals surface area contributed by atoms with Crippen molar-refractivity contribution in [2.24, 2.45) is 0 Å². The number of halogens is 2. The number of hydrogen-bond donors (Lipinski definition) is 1. The van der Waals surface area contributed by atoms with Crippen LogP contribution in [0, 0.1) is 15.9 Å². The molecular formula is C11H10BrFN2O4. The summed E-state index contributed by atoms with van der Waals surface area (Å²) < 4.78 is 14.0. The number of aliphatic hydroxyl groups is 1. The van der Waals surface area contributed by atoms with Gasteiger partial charge in [0.25, 0.3) is 0 Å². The fraction of sp³-hybridized carbons (Fsp3) is 0.364. The van der Waals surface area contributed by atoms with Crippen LogP contribution in [0.2, 0.25) is 0 Å². The predicted octanol–water partition coefficient (Wildman–Crippen LogP) is 1.98. The molecule has 1 heterocycles. The summed E-state index contributed by atoms with van der Waals surface area (Å²) in [5.74, 6) is -1.38. The van der Waals surface area contributed by atoms with Crippen LogP contribution in [0.25, 0.3) is 0 Å². The van der Waals surface area contributed by atoms with Gasteiger partial charge >= 0.3 is 5.69 Å². The molecule has 8 heteroatoms. The molecule has 0 spiro atoms. The summed E-state index contributed by atoms with van der Waals surface area (Å²) in [5.41, 5.74) is -0.879. The molecule has 1 aliphatic rings. The Morgan fingerprint density at radius 2 is 2.26 bits per heavy atom. The van der Waals surface area contributed by atoms with E-state index in [1.165, 1.54) is 6.07 Å². The zero-order valence-electron chi connectivity index (χ0n) is 9.68. The number of carbonyl (C=O) groups is 1. The van der Waals surface area contributed by atoms with Gasteiger partial charge in [-0.3, -0.25) is 14.9 Å². The Bertz CT molecular complexity index is 552. The molecule has 1 fully saturated rings. The molecule has 6 nitrogen and oxygen atoms in total. The summed E-state index contributed by atoms with van der Waals surface area (Å²) in [6.45, 7) is -0.322. The molecule has 1 saturated heterocycles. The van der Waals surface area contributed by atoms with E-state index >= 15 is 0 Å². The van der Waals surface area contributed by atoms with E-state index in [1.807, 2.05) is 0 Å². The van der Waals surface area contributed by atoms with Crippen LogP contribution in [0.4, 0.5) is 15.8 Å². The summed E-state index contributed by atoms with van der Waals surface area (Å²) >= 11 is 3.04. The lowest BCUT2D eigenvalue weighted by atomic mass is 10.2. The second-order valence-corrected chi connectivity index (χ2v) is 5.07. The van der Waals surface area contributed by atoms with Gasteiger partial charge in [-0.25, -0.2) is 0 Å². The van der Waals surface area contributed by atoms with Gasteiger partial charge in [-0.05, 0) is 18.6 Å². The number of amides is 1. The van der Waals surface area contributed by atoms with Crippen molar-refractivity contribution in [2.45, 2.75) is 18.9 Å². The maximum atomic E-state index is 13.7. The predicted molar refractivity (Wildman–Crippen MR) is 68.3 cm³/mol. The van der Waals surface area contributed by atoms with E-state index in [0.29, 0.717) is 10.9 Å². The third kappa shape index (κ3) is 2.45. The maximum Gasteiger partial charge on any atom is 0.328 e. The number of carbonyl (C=O) groups excluding carboxylic acids is 1. The van der Waals surface area contributed by atoms with Crippen LogP contribution < -0.4 is 4.90 Å². The molecule has 2 rings (SSSR count). The fourth-order valence-electron chi connectivity index (χ4n) is 2.16. The first-order valence-electron chi connectivity index (χ1n) is 5.52. The summed E-state index contributed by atoms with van der Waals surface area (Å²) in [5, 5.41) is 20.2. The van der Waals surface area contributed by atoms with Crippen LogP contribution >= 0.6 is 15.9 Å². The van der Waals surface area contributed by atoms with Crippen molar-refractivity contribution in [1.82, 2.24) is 0 Å². The number of nitro groups is 1. The standard InChI is InChI=1S/C11H10BrFN2O4/c12-6-3-8(13)11(15(18)19)9(4-6)14-7(5-16)1-2-10(14)17/h3-4,7,16H,1-2,5H2/t7-/m0/s1. The average molecular weight is 333 g/mol. The highest BCUT2D eigenvalue weighted by molar-refractivity contribution is 9.10. The van der Waals surface area contributed by atoms with E-state index < -0.39 is 22.5 Å². The van der Waals surface area contributed by atoms with Crippen LogP contribution in [0.3, 0.4) is 0 Å². The first-order chi connectivity index (χ1) is 8.95. The van der Waals surface area contributed by atoms with Crippen LogP contribution in [-0.4, -0.2) is 28.6 Å². The van der Waals surface area contributed by atoms with Crippen molar-refractivity contribution in [1.29, 1.82) is 0 Å². The monoisotopic (exact) mass is 332 g/mol. The molecule has 0 bridgehead atoms. The van der Waals surface area contributed by atoms with Gasteiger partial charge in [-0.2, -0.15) is 4.39 Å². The third-order valence-corrected chi connectivity index (χ3v) is 3.44. The van der Waals surface area contributed by atoms with Crippen molar-refractivity contribution in [3.63, 3.8) is 0 Å². The molecule has 19 heavy (non-hydrogen) atoms. The lowest BCUT2D eigenvalue weighted by Crippen LogP contribution is -2.36. The van der Waals surface area contributed by atoms with Gasteiger partial charge in [0.2, 0.25) is 11.7 Å². The Morgan fingerprint density at radius 3 is 2.84 bits per heavy atom. The van der Waals surface area contributed by atoms with E-state index in [0.717, 1.165) is 11.0 Å². The Kier molecular flexibility index (Phi) is 3.81. The Hall–Kier alpha value is -1.54. The number of rotatable bonds is 3. The van der Waals surface area contributed by atoms with Crippen molar-refractivity contribution >= 4 is 33.2 Å². The van der Waals surface area contributed by atoms with Gasteiger partial charge in [-0.15, -0.1) is 0 Å². The van der Waals surface area contributed by atoms with Crippen molar-refractivity contribution in [2.75, 3.05) is 11.5 Å². The number of aliphatic hydroxyl groups excluding tert-OH is 1. The largest absolute Gasteiger partial charge is 0.394 e. The highest BCUT2D eigenvalue weighted by Gasteiger charge is 2.37. The lowest BCUT2D eigenvalue weighted by molar-refractivity contribution is -0.386. The van der Waals surface area contributed by atoms with Gasteiger partial charge < -0.3 is 10.0 Å². The number of benzene rings is 1. The van der Waals surface area contributed by atoms with E-state index in [1.54, 1.807) is 0 Å². The van der Waals surface area contributed by atoms with Crippen molar-refractivity contribution in [3.05, 3.63) is 32.5 Å². The van der Waals surface area contributed by atoms with Gasteiger partial charge in [0.05, 0.1) is 17.6 Å². The molecule has 1 aromatic rings. The summed E-state index contributed by atoms with van der Waals surface area (Å²) in [6.07, 6.45) is 0.567. The second-order valence-electron chi connectivity index (χ2n) is 4.15. The van der Waals surface area contributed by atoms with Gasteiger partial charge in [0.1, 0.15) is 5.69 Å². The molecule has 0 radical (unpaired) electrons. The van der Waals surface area contributed by atoms with Gasteiger partial charge in [-0.1, -0.05) is 15.9 Å². The third-order valence-electron chi connectivity index (χ3n) is 2.99. The summed E-state index contributed by atoms with van der Waals surface area (Å²) in [4.78, 5) is 23.0. The Labute approximate surface area is 116 Å². The SMILES string of the molecule is O=C1CC[C@@H](CO)N1c1cc(Br)cc(F)c1[N+](=O)[O-]. The number of anilines is 1. The average Bonchev–Trinajstić information content (AvgIpc) is 2.68. The number of nitrogens with zero attached hydrogens (tertiary/aromatic N) is 2. The zero-order valence-corrected chi connectivity index (χ0v) is 11.3. The first-order valence-corrected chi connectivity index (χ1v) is 6.31. The quantitative estimate of drug-likeness (QED) is 0.677. The molecule has 1 atom stereocenters. The number of hydrogen-bond acceptors (Lipinski definition) is 4. The van der Waals surface area contributed by atoms with E-state index in [-0.39, 0.29) is 24.6 Å². The molecule has 1 N–H and O–H groups in total. The minimum atomic E-state index is -1.02. The maximum absolute atomic E-state index is 13.7. The normalized spacial score (nSPS) is 19.0. The zero-order chi connectivity index (χ0) is 14.2. The lowest BCUT2D eigenvalue weighted by Gasteiger charge is -2.23. The summed E-state index contributed by atoms with van der Waals surface area (Å²) in [7, 11) is 0. The van der Waals surface area contributed by atoms with E-state index in [4.69, 9.17) is 0 Å². The molecule has 0 aliphatic carbocycles. The van der Waals surface area contributed by atoms with Crippen LogP contribution in [0.15, 0.2) is 16.6 Å². The van der Waals surface area contributed by atoms with Crippen molar-refractivity contribution in [3.8, 4) is 0 Å². The van der Waals surface area contributed by atoms with Crippen LogP contribution in [0.1, 0.15) is 12.8 Å². The Balaban J connectivity index is 2.60. The second kappa shape index (κ2) is 5.22. The Morgan fingerprint density at radius 1 is 1.58 bits per heavy atom. The van der Waals surface area contributed by atoms with Crippen LogP contribution in [-0.2, 0) is 4.79 Å². The van der Waals surface area contributed by atoms with Crippen molar-refractivity contribution < 1.29 is 19.2 Å². The minimum Gasteiger partial charge on any atom is -0.394 e. The number of nitro benzene ring substituents is 1. The molecule has 0 aromatic heterocycles. The van der Waals surface area contributed by atoms with Crippen LogP contribution in [0.5, 0.6) is 0 Å². The molecule has 102 valence electrons.